The predicted octanol–water partition coefficient (Wildman–Crippen LogP) is 2.34. The average molecular weight is 425 g/mol. The molecule has 0 aromatic heterocycles. The highest BCUT2D eigenvalue weighted by Gasteiger charge is 2.33. The molecule has 31 heavy (non-hydrogen) atoms. The molecule has 2 fully saturated rings. The third-order valence-electron chi connectivity index (χ3n) is 5.81. The van der Waals surface area contributed by atoms with Crippen molar-refractivity contribution in [3.63, 3.8) is 0 Å². The van der Waals surface area contributed by atoms with Crippen molar-refractivity contribution in [3.05, 3.63) is 48.5 Å². The van der Waals surface area contributed by atoms with Crippen LogP contribution in [-0.2, 0) is 4.79 Å². The second-order valence-corrected chi connectivity index (χ2v) is 7.70. The lowest BCUT2D eigenvalue weighted by Crippen LogP contribution is -2.54. The van der Waals surface area contributed by atoms with Gasteiger partial charge in [0.1, 0.15) is 11.5 Å². The zero-order valence-corrected chi connectivity index (χ0v) is 17.9. The number of amides is 3. The lowest BCUT2D eigenvalue weighted by atomic mass is 10.2. The van der Waals surface area contributed by atoms with Crippen molar-refractivity contribution in [2.45, 2.75) is 12.5 Å². The molecule has 8 heteroatoms. The third kappa shape index (κ3) is 4.52. The smallest absolute Gasteiger partial charge is 0.317 e. The molecule has 1 atom stereocenters. The van der Waals surface area contributed by atoms with E-state index in [4.69, 9.17) is 9.47 Å². The van der Waals surface area contributed by atoms with Crippen LogP contribution in [0.25, 0.3) is 0 Å². The molecule has 1 unspecified atom stereocenters. The number of ether oxygens (including phenoxy) is 2. The normalized spacial score (nSPS) is 18.8. The molecule has 2 aliphatic rings. The topological polar surface area (TPSA) is 74.3 Å². The van der Waals surface area contributed by atoms with Crippen LogP contribution in [0.1, 0.15) is 6.42 Å². The van der Waals surface area contributed by atoms with Crippen LogP contribution in [0.3, 0.4) is 0 Å². The Labute approximate surface area is 182 Å². The van der Waals surface area contributed by atoms with Gasteiger partial charge in [-0.3, -0.25) is 4.79 Å². The lowest BCUT2D eigenvalue weighted by molar-refractivity contribution is -0.117. The first-order valence-corrected chi connectivity index (χ1v) is 10.5. The molecule has 2 aromatic rings. The van der Waals surface area contributed by atoms with Crippen LogP contribution >= 0.6 is 0 Å². The summed E-state index contributed by atoms with van der Waals surface area (Å²) in [6.07, 6.45) is 0.296. The Morgan fingerprint density at radius 2 is 1.77 bits per heavy atom. The van der Waals surface area contributed by atoms with Gasteiger partial charge in [0.2, 0.25) is 5.91 Å². The van der Waals surface area contributed by atoms with E-state index in [1.165, 1.54) is 0 Å². The Bertz CT molecular complexity index is 943. The maximum Gasteiger partial charge on any atom is 0.317 e. The van der Waals surface area contributed by atoms with Crippen molar-refractivity contribution in [1.29, 1.82) is 0 Å². The van der Waals surface area contributed by atoms with Gasteiger partial charge in [-0.15, -0.1) is 0 Å². The van der Waals surface area contributed by atoms with E-state index in [1.54, 1.807) is 19.1 Å². The molecule has 0 saturated carbocycles. The second-order valence-electron chi connectivity index (χ2n) is 7.70. The van der Waals surface area contributed by atoms with Crippen molar-refractivity contribution in [1.82, 2.24) is 10.2 Å². The molecular formula is C23H28N4O4. The predicted molar refractivity (Wildman–Crippen MR) is 119 cm³/mol. The highest BCUT2D eigenvalue weighted by Crippen LogP contribution is 2.29. The second kappa shape index (κ2) is 9.16. The molecule has 3 amide bonds. The summed E-state index contributed by atoms with van der Waals surface area (Å²) in [5, 5.41) is 3.03. The van der Waals surface area contributed by atoms with Gasteiger partial charge >= 0.3 is 6.03 Å². The zero-order chi connectivity index (χ0) is 21.8. The molecule has 0 spiro atoms. The van der Waals surface area contributed by atoms with Crippen LogP contribution in [0.15, 0.2) is 48.5 Å². The molecule has 164 valence electrons. The number of carbonyl (C=O) groups is 2. The van der Waals surface area contributed by atoms with E-state index in [0.29, 0.717) is 31.8 Å². The van der Waals surface area contributed by atoms with Crippen molar-refractivity contribution in [2.24, 2.45) is 0 Å². The summed E-state index contributed by atoms with van der Waals surface area (Å²) in [6.45, 7) is 3.15. The summed E-state index contributed by atoms with van der Waals surface area (Å²) in [4.78, 5) is 31.0. The largest absolute Gasteiger partial charge is 0.497 e. The Balaban J connectivity index is 1.32. The monoisotopic (exact) mass is 424 g/mol. The summed E-state index contributed by atoms with van der Waals surface area (Å²) in [7, 11) is 3.27. The molecule has 2 aliphatic heterocycles. The highest BCUT2D eigenvalue weighted by atomic mass is 16.5. The molecular weight excluding hydrogens is 396 g/mol. The number of carbonyl (C=O) groups excluding carboxylic acids is 2. The van der Waals surface area contributed by atoms with E-state index in [1.807, 2.05) is 53.4 Å². The van der Waals surface area contributed by atoms with Crippen LogP contribution < -0.4 is 24.6 Å². The van der Waals surface area contributed by atoms with Gasteiger partial charge < -0.3 is 29.5 Å². The van der Waals surface area contributed by atoms with Crippen LogP contribution in [0.4, 0.5) is 16.2 Å². The number of rotatable bonds is 5. The van der Waals surface area contributed by atoms with E-state index in [2.05, 4.69) is 10.2 Å². The van der Waals surface area contributed by atoms with Crippen molar-refractivity contribution in [3.8, 4) is 11.5 Å². The van der Waals surface area contributed by atoms with Gasteiger partial charge in [0.25, 0.3) is 0 Å². The molecule has 0 radical (unpaired) electrons. The Hall–Kier alpha value is -3.42. The minimum Gasteiger partial charge on any atom is -0.497 e. The number of nitrogens with zero attached hydrogens (tertiary/aromatic N) is 3. The average Bonchev–Trinajstić information content (AvgIpc) is 3.19. The summed E-state index contributed by atoms with van der Waals surface area (Å²) in [5.41, 5.74) is 1.83. The number of nitrogens with one attached hydrogen (secondary N) is 1. The first kappa shape index (κ1) is 20.8. The van der Waals surface area contributed by atoms with Crippen LogP contribution in [0, 0.1) is 0 Å². The zero-order valence-electron chi connectivity index (χ0n) is 17.9. The Kier molecular flexibility index (Phi) is 6.16. The van der Waals surface area contributed by atoms with Crippen molar-refractivity contribution >= 4 is 23.3 Å². The third-order valence-corrected chi connectivity index (χ3v) is 5.81. The number of benzene rings is 2. The van der Waals surface area contributed by atoms with Crippen molar-refractivity contribution in [2.75, 3.05) is 56.7 Å². The first-order chi connectivity index (χ1) is 15.1. The Morgan fingerprint density at radius 1 is 1.00 bits per heavy atom. The standard InChI is InChI=1S/C23H28N4O4/c1-30-19-7-5-6-18(15-19)27-16-17(14-22(27)28)24-23(29)26-12-10-25(11-13-26)20-8-3-4-9-21(20)31-2/h3-9,15,17H,10-14,16H2,1-2H3,(H,24,29). The van der Waals surface area contributed by atoms with E-state index >= 15 is 0 Å². The van der Waals surface area contributed by atoms with E-state index in [-0.39, 0.29) is 18.0 Å². The first-order valence-electron chi connectivity index (χ1n) is 10.5. The number of piperazine rings is 1. The van der Waals surface area contributed by atoms with Crippen LogP contribution in [0.5, 0.6) is 11.5 Å². The fraction of sp³-hybridized carbons (Fsp3) is 0.391. The van der Waals surface area contributed by atoms with Gasteiger partial charge in [0.15, 0.2) is 0 Å². The number of methoxy groups -OCH3 is 2. The Morgan fingerprint density at radius 3 is 2.52 bits per heavy atom. The minimum absolute atomic E-state index is 0.000421. The molecule has 8 nitrogen and oxygen atoms in total. The van der Waals surface area contributed by atoms with Gasteiger partial charge in [-0.25, -0.2) is 4.79 Å². The fourth-order valence-electron chi connectivity index (χ4n) is 4.14. The molecule has 1 N–H and O–H groups in total. The SMILES string of the molecule is COc1cccc(N2CC(NC(=O)N3CCN(c4ccccc4OC)CC3)CC2=O)c1. The highest BCUT2D eigenvalue weighted by molar-refractivity contribution is 5.97. The number of para-hydroxylation sites is 2. The molecule has 2 aromatic carbocycles. The summed E-state index contributed by atoms with van der Waals surface area (Å²) < 4.78 is 10.7. The minimum atomic E-state index is -0.210. The van der Waals surface area contributed by atoms with E-state index < -0.39 is 0 Å². The lowest BCUT2D eigenvalue weighted by Gasteiger charge is -2.37. The quantitative estimate of drug-likeness (QED) is 0.798. The van der Waals surface area contributed by atoms with E-state index in [0.717, 1.165) is 30.2 Å². The maximum atomic E-state index is 12.8. The van der Waals surface area contributed by atoms with E-state index in [9.17, 15) is 9.59 Å². The van der Waals surface area contributed by atoms with Gasteiger partial charge in [-0.1, -0.05) is 18.2 Å². The van der Waals surface area contributed by atoms with Gasteiger partial charge in [0, 0.05) is 50.9 Å². The molecule has 2 heterocycles. The van der Waals surface area contributed by atoms with Gasteiger partial charge in [-0.05, 0) is 24.3 Å². The van der Waals surface area contributed by atoms with Crippen LogP contribution in [-0.4, -0.2) is 69.8 Å². The van der Waals surface area contributed by atoms with Gasteiger partial charge in [0.05, 0.1) is 25.9 Å². The molecule has 2 saturated heterocycles. The molecule has 0 bridgehead atoms. The van der Waals surface area contributed by atoms with Gasteiger partial charge in [-0.2, -0.15) is 0 Å². The number of anilines is 2. The molecule has 4 rings (SSSR count). The number of hydrogen-bond donors (Lipinski definition) is 1. The summed E-state index contributed by atoms with van der Waals surface area (Å²) in [6, 6.07) is 15.0. The summed E-state index contributed by atoms with van der Waals surface area (Å²) >= 11 is 0. The maximum absolute atomic E-state index is 12.8. The summed E-state index contributed by atoms with van der Waals surface area (Å²) in [5.74, 6) is 1.53. The fourth-order valence-corrected chi connectivity index (χ4v) is 4.14. The van der Waals surface area contributed by atoms with Crippen LogP contribution in [0.2, 0.25) is 0 Å². The number of hydrogen-bond acceptors (Lipinski definition) is 5. The van der Waals surface area contributed by atoms with Crippen molar-refractivity contribution < 1.29 is 19.1 Å². The number of urea groups is 1. The molecule has 0 aliphatic carbocycles.